The standard InChI is InChI=1S/C51H92O15/c1-3-5-7-9-11-13-15-17-19-21-23-25-27-29-31-33-42(53)61-36-39(64-43(54)34-32-30-28-26-24-22-20-18-16-14-12-10-8-6-4-2)37-62-50-49(60)47(58)45(56)41(66-50)38-63-51-48(59)46(57)44(55)40(35-52)65-51/h14,16,18,20,39-41,44-52,55-60H,3-13,15,17,19,21-38H2,1-2H3/b16-14+,20-18+/t39-,40-,41-,44+,45+,46?,47?,48?,49?,50-,51-/m1/s1. The second-order valence-electron chi connectivity index (χ2n) is 18.4. The smallest absolute Gasteiger partial charge is 0.306 e. The molecule has 0 saturated carbocycles. The van der Waals surface area contributed by atoms with Gasteiger partial charge in [0.05, 0.1) is 19.8 Å². The molecule has 0 radical (unpaired) electrons. The summed E-state index contributed by atoms with van der Waals surface area (Å²) in [6, 6.07) is 0. The van der Waals surface area contributed by atoms with Crippen molar-refractivity contribution in [1.29, 1.82) is 0 Å². The van der Waals surface area contributed by atoms with Gasteiger partial charge in [-0.2, -0.15) is 0 Å². The van der Waals surface area contributed by atoms with Crippen LogP contribution in [-0.2, 0) is 38.0 Å². The third-order valence-electron chi connectivity index (χ3n) is 12.5. The molecule has 386 valence electrons. The Hall–Kier alpha value is -2.02. The number of carbonyl (C=O) groups is 2. The first-order chi connectivity index (χ1) is 32.0. The van der Waals surface area contributed by atoms with E-state index in [-0.39, 0.29) is 26.1 Å². The Morgan fingerprint density at radius 3 is 1.39 bits per heavy atom. The first kappa shape index (κ1) is 60.1. The first-order valence-electron chi connectivity index (χ1n) is 25.9. The number of unbranched alkanes of at least 4 members (excludes halogenated alkanes) is 23. The van der Waals surface area contributed by atoms with Crippen LogP contribution in [-0.4, -0.2) is 142 Å². The van der Waals surface area contributed by atoms with Crippen molar-refractivity contribution in [3.8, 4) is 0 Å². The lowest BCUT2D eigenvalue weighted by atomic mass is 9.98. The van der Waals surface area contributed by atoms with E-state index < -0.39 is 92.7 Å². The number of ether oxygens (including phenoxy) is 6. The summed E-state index contributed by atoms with van der Waals surface area (Å²) in [6.07, 6.45) is 22.0. The Bertz CT molecular complexity index is 1250. The van der Waals surface area contributed by atoms with E-state index in [4.69, 9.17) is 28.4 Å². The van der Waals surface area contributed by atoms with Gasteiger partial charge in [-0.3, -0.25) is 9.59 Å². The number of aliphatic hydroxyl groups excluding tert-OH is 7. The molecule has 0 aromatic heterocycles. The van der Waals surface area contributed by atoms with E-state index in [2.05, 4.69) is 38.2 Å². The maximum Gasteiger partial charge on any atom is 0.306 e. The van der Waals surface area contributed by atoms with Gasteiger partial charge in [-0.1, -0.05) is 167 Å². The number of hydrogen-bond acceptors (Lipinski definition) is 15. The molecule has 11 atom stereocenters. The van der Waals surface area contributed by atoms with E-state index in [0.29, 0.717) is 12.8 Å². The highest BCUT2D eigenvalue weighted by molar-refractivity contribution is 5.70. The molecule has 2 saturated heterocycles. The molecule has 0 amide bonds. The third kappa shape index (κ3) is 26.7. The Morgan fingerprint density at radius 2 is 0.894 bits per heavy atom. The fourth-order valence-electron chi connectivity index (χ4n) is 8.15. The van der Waals surface area contributed by atoms with Crippen molar-refractivity contribution in [3.05, 3.63) is 24.3 Å². The number of allylic oxidation sites excluding steroid dienone is 4. The molecular weight excluding hydrogens is 853 g/mol. The van der Waals surface area contributed by atoms with Gasteiger partial charge >= 0.3 is 11.9 Å². The highest BCUT2D eigenvalue weighted by Gasteiger charge is 2.47. The lowest BCUT2D eigenvalue weighted by Gasteiger charge is -2.42. The minimum Gasteiger partial charge on any atom is -0.462 e. The quantitative estimate of drug-likeness (QED) is 0.0184. The highest BCUT2D eigenvalue weighted by Crippen LogP contribution is 2.26. The van der Waals surface area contributed by atoms with E-state index in [1.54, 1.807) is 0 Å². The van der Waals surface area contributed by atoms with Gasteiger partial charge in [0.2, 0.25) is 0 Å². The zero-order valence-electron chi connectivity index (χ0n) is 40.7. The second kappa shape index (κ2) is 38.8. The maximum absolute atomic E-state index is 13.0. The normalized spacial score (nSPS) is 26.3. The number of hydrogen-bond donors (Lipinski definition) is 7. The van der Waals surface area contributed by atoms with E-state index in [1.807, 2.05) is 0 Å². The van der Waals surface area contributed by atoms with Gasteiger partial charge in [-0.25, -0.2) is 0 Å². The Balaban J connectivity index is 1.81. The second-order valence-corrected chi connectivity index (χ2v) is 18.4. The lowest BCUT2D eigenvalue weighted by Crippen LogP contribution is -2.61. The van der Waals surface area contributed by atoms with Gasteiger partial charge in [-0.05, 0) is 38.5 Å². The summed E-state index contributed by atoms with van der Waals surface area (Å²) < 4.78 is 33.6. The van der Waals surface area contributed by atoms with Crippen LogP contribution in [0, 0.1) is 0 Å². The van der Waals surface area contributed by atoms with Crippen molar-refractivity contribution in [2.45, 2.75) is 261 Å². The molecule has 0 aliphatic carbocycles. The molecule has 2 rings (SSSR count). The summed E-state index contributed by atoms with van der Waals surface area (Å²) in [5.74, 6) is -0.935. The third-order valence-corrected chi connectivity index (χ3v) is 12.5. The zero-order chi connectivity index (χ0) is 48.2. The van der Waals surface area contributed by atoms with Crippen LogP contribution in [0.4, 0.5) is 0 Å². The Kier molecular flexibility index (Phi) is 35.3. The van der Waals surface area contributed by atoms with Crippen molar-refractivity contribution in [2.24, 2.45) is 0 Å². The zero-order valence-corrected chi connectivity index (χ0v) is 40.7. The van der Waals surface area contributed by atoms with Gasteiger partial charge in [0.25, 0.3) is 0 Å². The lowest BCUT2D eigenvalue weighted by molar-refractivity contribution is -0.332. The van der Waals surface area contributed by atoms with Crippen LogP contribution in [0.15, 0.2) is 24.3 Å². The molecule has 2 fully saturated rings. The monoisotopic (exact) mass is 945 g/mol. The van der Waals surface area contributed by atoms with Crippen molar-refractivity contribution in [2.75, 3.05) is 26.4 Å². The van der Waals surface area contributed by atoms with E-state index >= 15 is 0 Å². The van der Waals surface area contributed by atoms with Crippen molar-refractivity contribution in [3.63, 3.8) is 0 Å². The van der Waals surface area contributed by atoms with Gasteiger partial charge < -0.3 is 64.2 Å². The van der Waals surface area contributed by atoms with E-state index in [9.17, 15) is 45.3 Å². The fraction of sp³-hybridized carbons (Fsp3) is 0.882. The average molecular weight is 945 g/mol. The predicted molar refractivity (Wildman–Crippen MR) is 252 cm³/mol. The predicted octanol–water partition coefficient (Wildman–Crippen LogP) is 7.16. The molecular formula is C51H92O15. The molecule has 0 bridgehead atoms. The van der Waals surface area contributed by atoms with Gasteiger partial charge in [0, 0.05) is 12.8 Å². The van der Waals surface area contributed by atoms with Crippen LogP contribution in [0.2, 0.25) is 0 Å². The minimum absolute atomic E-state index is 0.150. The molecule has 0 aromatic rings. The number of esters is 2. The molecule has 7 N–H and O–H groups in total. The van der Waals surface area contributed by atoms with Crippen molar-refractivity contribution < 1.29 is 73.8 Å². The van der Waals surface area contributed by atoms with Gasteiger partial charge in [0.1, 0.15) is 55.4 Å². The number of rotatable bonds is 40. The summed E-state index contributed by atoms with van der Waals surface area (Å²) in [5.41, 5.74) is 0. The van der Waals surface area contributed by atoms with Crippen LogP contribution in [0.3, 0.4) is 0 Å². The molecule has 15 nitrogen and oxygen atoms in total. The van der Waals surface area contributed by atoms with Crippen LogP contribution >= 0.6 is 0 Å². The molecule has 0 aromatic carbocycles. The summed E-state index contributed by atoms with van der Waals surface area (Å²) in [5, 5.41) is 72.0. The SMILES string of the molecule is CCCCCC/C=C/C=C/CCCCCCCC(=O)O[C@H](COC(=O)CCCCCCCCCCCCCCCCC)CO[C@@H]1O[C@H](CO[C@@H]2O[C@H](CO)[C@H](O)C(O)C2O)[C@H](O)C(O)C1O. The molecule has 2 aliphatic rings. The number of aliphatic hydroxyl groups is 7. The Labute approximate surface area is 396 Å². The molecule has 2 aliphatic heterocycles. The molecule has 4 unspecified atom stereocenters. The van der Waals surface area contributed by atoms with Crippen LogP contribution in [0.25, 0.3) is 0 Å². The molecule has 66 heavy (non-hydrogen) atoms. The Morgan fingerprint density at radius 1 is 0.485 bits per heavy atom. The van der Waals surface area contributed by atoms with E-state index in [0.717, 1.165) is 57.8 Å². The maximum atomic E-state index is 13.0. The largest absolute Gasteiger partial charge is 0.462 e. The summed E-state index contributed by atoms with van der Waals surface area (Å²) in [6.45, 7) is 2.57. The molecule has 15 heteroatoms. The number of carbonyl (C=O) groups excluding carboxylic acids is 2. The molecule has 0 spiro atoms. The van der Waals surface area contributed by atoms with Crippen LogP contribution in [0.1, 0.15) is 194 Å². The van der Waals surface area contributed by atoms with Crippen LogP contribution in [0.5, 0.6) is 0 Å². The van der Waals surface area contributed by atoms with Gasteiger partial charge in [0.15, 0.2) is 18.7 Å². The van der Waals surface area contributed by atoms with E-state index in [1.165, 1.54) is 96.3 Å². The average Bonchev–Trinajstić information content (AvgIpc) is 3.31. The molecule has 2 heterocycles. The summed E-state index contributed by atoms with van der Waals surface area (Å²) in [4.78, 5) is 25.7. The van der Waals surface area contributed by atoms with Crippen molar-refractivity contribution >= 4 is 11.9 Å². The van der Waals surface area contributed by atoms with Crippen molar-refractivity contribution in [1.82, 2.24) is 0 Å². The van der Waals surface area contributed by atoms with Crippen LogP contribution < -0.4 is 0 Å². The first-order valence-corrected chi connectivity index (χ1v) is 25.9. The fourth-order valence-corrected chi connectivity index (χ4v) is 8.15. The highest BCUT2D eigenvalue weighted by atomic mass is 16.7. The minimum atomic E-state index is -1.76. The summed E-state index contributed by atoms with van der Waals surface area (Å²) in [7, 11) is 0. The summed E-state index contributed by atoms with van der Waals surface area (Å²) >= 11 is 0. The topological polar surface area (TPSA) is 231 Å². The van der Waals surface area contributed by atoms with Gasteiger partial charge in [-0.15, -0.1) is 0 Å².